The molecule has 0 aromatic carbocycles. The van der Waals surface area contributed by atoms with Gasteiger partial charge in [0.25, 0.3) is 0 Å². The Hall–Kier alpha value is -0.660. The monoisotopic (exact) mass is 304 g/mol. The van der Waals surface area contributed by atoms with Crippen molar-refractivity contribution in [1.82, 2.24) is 10.2 Å². The molecule has 0 aromatic rings. The number of aliphatic hydroxyl groups is 1. The van der Waals surface area contributed by atoms with Crippen LogP contribution in [-0.2, 0) is 14.6 Å². The van der Waals surface area contributed by atoms with Crippen molar-refractivity contribution in [3.8, 4) is 0 Å². The van der Waals surface area contributed by atoms with Gasteiger partial charge in [-0.05, 0) is 12.8 Å². The number of nitrogens with one attached hydrogen (secondary N) is 1. The van der Waals surface area contributed by atoms with Crippen LogP contribution < -0.4 is 5.32 Å². The van der Waals surface area contributed by atoms with Gasteiger partial charge in [-0.3, -0.25) is 4.79 Å². The highest BCUT2D eigenvalue weighted by Crippen LogP contribution is 2.18. The Labute approximate surface area is 120 Å². The Morgan fingerprint density at radius 3 is 2.80 bits per heavy atom. The van der Waals surface area contributed by atoms with E-state index in [-0.39, 0.29) is 42.5 Å². The number of carbonyl (C=O) groups is 1. The van der Waals surface area contributed by atoms with Crippen molar-refractivity contribution in [3.05, 3.63) is 0 Å². The molecule has 2 N–H and O–H groups in total. The Kier molecular flexibility index (Phi) is 5.40. The average molecular weight is 304 g/mol. The smallest absolute Gasteiger partial charge is 0.224 e. The SMILES string of the molecule is O=C(CC1CS(=O)(=O)CCN1)N1CCCCCC1CO. The van der Waals surface area contributed by atoms with Crippen molar-refractivity contribution in [2.45, 2.75) is 44.2 Å². The maximum atomic E-state index is 12.4. The van der Waals surface area contributed by atoms with Crippen LogP contribution in [0, 0.1) is 0 Å². The second-order valence-corrected chi connectivity index (χ2v) is 7.97. The van der Waals surface area contributed by atoms with E-state index in [4.69, 9.17) is 0 Å². The van der Waals surface area contributed by atoms with E-state index in [1.807, 2.05) is 0 Å². The fourth-order valence-electron chi connectivity index (χ4n) is 3.02. The largest absolute Gasteiger partial charge is 0.394 e. The molecule has 20 heavy (non-hydrogen) atoms. The van der Waals surface area contributed by atoms with Crippen molar-refractivity contribution < 1.29 is 18.3 Å². The molecule has 2 atom stereocenters. The van der Waals surface area contributed by atoms with Gasteiger partial charge in [0.05, 0.1) is 24.2 Å². The van der Waals surface area contributed by atoms with Gasteiger partial charge in [0.2, 0.25) is 5.91 Å². The van der Waals surface area contributed by atoms with Crippen molar-refractivity contribution in [1.29, 1.82) is 0 Å². The molecule has 6 nitrogen and oxygen atoms in total. The first-order chi connectivity index (χ1) is 9.52. The van der Waals surface area contributed by atoms with Crippen LogP contribution in [0.15, 0.2) is 0 Å². The van der Waals surface area contributed by atoms with Gasteiger partial charge in [0.15, 0.2) is 9.84 Å². The summed E-state index contributed by atoms with van der Waals surface area (Å²) in [7, 11) is -3.02. The lowest BCUT2D eigenvalue weighted by Crippen LogP contribution is -2.49. The van der Waals surface area contributed by atoms with E-state index in [2.05, 4.69) is 5.32 Å². The fourth-order valence-corrected chi connectivity index (χ4v) is 4.47. The molecule has 1 amide bonds. The molecule has 0 spiro atoms. The molecule has 116 valence electrons. The molecule has 2 aliphatic heterocycles. The van der Waals surface area contributed by atoms with Crippen LogP contribution in [0.1, 0.15) is 32.1 Å². The van der Waals surface area contributed by atoms with E-state index in [0.29, 0.717) is 13.1 Å². The average Bonchev–Trinajstić information content (AvgIpc) is 2.62. The molecular weight excluding hydrogens is 280 g/mol. The molecule has 0 aliphatic carbocycles. The minimum atomic E-state index is -3.02. The Morgan fingerprint density at radius 2 is 2.10 bits per heavy atom. The van der Waals surface area contributed by atoms with Gasteiger partial charge in [-0.2, -0.15) is 0 Å². The first kappa shape index (κ1) is 15.7. The van der Waals surface area contributed by atoms with Crippen LogP contribution in [0.25, 0.3) is 0 Å². The molecule has 2 fully saturated rings. The molecule has 0 radical (unpaired) electrons. The third-order valence-corrected chi connectivity index (χ3v) is 5.87. The molecule has 2 aliphatic rings. The molecule has 2 unspecified atom stereocenters. The van der Waals surface area contributed by atoms with Crippen LogP contribution in [0.3, 0.4) is 0 Å². The zero-order chi connectivity index (χ0) is 14.6. The molecule has 2 heterocycles. The zero-order valence-electron chi connectivity index (χ0n) is 11.8. The number of likely N-dealkylation sites (tertiary alicyclic amines) is 1. The molecule has 2 saturated heterocycles. The summed E-state index contributed by atoms with van der Waals surface area (Å²) in [6.07, 6.45) is 4.11. The number of nitrogens with zero attached hydrogens (tertiary/aromatic N) is 1. The first-order valence-corrected chi connectivity index (χ1v) is 9.18. The lowest BCUT2D eigenvalue weighted by Gasteiger charge is -2.31. The van der Waals surface area contributed by atoms with Crippen molar-refractivity contribution in [2.24, 2.45) is 0 Å². The number of aliphatic hydroxyl groups excluding tert-OH is 1. The highest BCUT2D eigenvalue weighted by atomic mass is 32.2. The van der Waals surface area contributed by atoms with Crippen molar-refractivity contribution in [3.63, 3.8) is 0 Å². The van der Waals surface area contributed by atoms with E-state index in [1.165, 1.54) is 0 Å². The number of amides is 1. The fraction of sp³-hybridized carbons (Fsp3) is 0.923. The minimum absolute atomic E-state index is 0.0118. The molecule has 7 heteroatoms. The Balaban J connectivity index is 1.95. The number of hydrogen-bond acceptors (Lipinski definition) is 5. The second kappa shape index (κ2) is 6.87. The van der Waals surface area contributed by atoms with Crippen molar-refractivity contribution >= 4 is 15.7 Å². The van der Waals surface area contributed by atoms with E-state index in [0.717, 1.165) is 25.7 Å². The van der Waals surface area contributed by atoms with Crippen LogP contribution in [-0.4, -0.2) is 67.6 Å². The number of sulfone groups is 1. The van der Waals surface area contributed by atoms with Crippen molar-refractivity contribution in [2.75, 3.05) is 31.2 Å². The highest BCUT2D eigenvalue weighted by molar-refractivity contribution is 7.91. The van der Waals surface area contributed by atoms with Gasteiger partial charge in [0, 0.05) is 25.6 Å². The highest BCUT2D eigenvalue weighted by Gasteiger charge is 2.30. The summed E-state index contributed by atoms with van der Waals surface area (Å²) in [6.45, 7) is 1.08. The van der Waals surface area contributed by atoms with E-state index in [1.54, 1.807) is 4.90 Å². The van der Waals surface area contributed by atoms with Crippen LogP contribution in [0.5, 0.6) is 0 Å². The maximum Gasteiger partial charge on any atom is 0.224 e. The molecule has 0 saturated carbocycles. The van der Waals surface area contributed by atoms with Gasteiger partial charge in [-0.15, -0.1) is 0 Å². The maximum absolute atomic E-state index is 12.4. The summed E-state index contributed by atoms with van der Waals surface area (Å²) >= 11 is 0. The van der Waals surface area contributed by atoms with Crippen LogP contribution in [0.4, 0.5) is 0 Å². The van der Waals surface area contributed by atoms with Gasteiger partial charge >= 0.3 is 0 Å². The van der Waals surface area contributed by atoms with E-state index in [9.17, 15) is 18.3 Å². The third kappa shape index (κ3) is 4.17. The Bertz CT molecular complexity index is 438. The summed E-state index contributed by atoms with van der Waals surface area (Å²) in [5.74, 6) is 0.150. The van der Waals surface area contributed by atoms with E-state index < -0.39 is 9.84 Å². The molecular formula is C13H24N2O4S. The summed E-state index contributed by atoms with van der Waals surface area (Å²) in [5.41, 5.74) is 0. The summed E-state index contributed by atoms with van der Waals surface area (Å²) in [5, 5.41) is 12.5. The van der Waals surface area contributed by atoms with Gasteiger partial charge in [0.1, 0.15) is 0 Å². The topological polar surface area (TPSA) is 86.7 Å². The molecule has 0 aromatic heterocycles. The predicted octanol–water partition coefficient (Wildman–Crippen LogP) is -0.473. The van der Waals surface area contributed by atoms with E-state index >= 15 is 0 Å². The van der Waals surface area contributed by atoms with Crippen LogP contribution >= 0.6 is 0 Å². The summed E-state index contributed by atoms with van der Waals surface area (Å²) < 4.78 is 23.2. The number of hydrogen-bond donors (Lipinski definition) is 2. The van der Waals surface area contributed by atoms with Gasteiger partial charge in [-0.1, -0.05) is 12.8 Å². The molecule has 2 rings (SSSR count). The normalized spacial score (nSPS) is 30.8. The van der Waals surface area contributed by atoms with Crippen LogP contribution in [0.2, 0.25) is 0 Å². The predicted molar refractivity (Wildman–Crippen MR) is 76.1 cm³/mol. The quantitative estimate of drug-likeness (QED) is 0.736. The standard InChI is InChI=1S/C13H24N2O4S/c16-9-12-4-2-1-3-6-15(12)13(17)8-11-10-20(18,19)7-5-14-11/h11-12,14,16H,1-10H2. The first-order valence-electron chi connectivity index (χ1n) is 7.36. The lowest BCUT2D eigenvalue weighted by molar-refractivity contribution is -0.134. The third-order valence-electron chi connectivity index (χ3n) is 4.13. The summed E-state index contributed by atoms with van der Waals surface area (Å²) in [4.78, 5) is 14.1. The number of rotatable bonds is 3. The number of carbonyl (C=O) groups excluding carboxylic acids is 1. The summed E-state index contributed by atoms with van der Waals surface area (Å²) in [6, 6.07) is -0.394. The Morgan fingerprint density at radius 1 is 1.30 bits per heavy atom. The zero-order valence-corrected chi connectivity index (χ0v) is 12.6. The van der Waals surface area contributed by atoms with Gasteiger partial charge < -0.3 is 15.3 Å². The minimum Gasteiger partial charge on any atom is -0.394 e. The van der Waals surface area contributed by atoms with Gasteiger partial charge in [-0.25, -0.2) is 8.42 Å². The second-order valence-electron chi connectivity index (χ2n) is 5.74. The molecule has 0 bridgehead atoms. The lowest BCUT2D eigenvalue weighted by atomic mass is 10.1.